The summed E-state index contributed by atoms with van der Waals surface area (Å²) in [4.78, 5) is 14.9. The molecule has 1 aromatic heterocycles. The molecule has 0 spiro atoms. The zero-order valence-electron chi connectivity index (χ0n) is 16.8. The number of nitrogens with one attached hydrogen (secondary N) is 1. The van der Waals surface area contributed by atoms with Crippen LogP contribution < -0.4 is 5.32 Å². The molecule has 1 aromatic carbocycles. The van der Waals surface area contributed by atoms with E-state index in [1.807, 2.05) is 0 Å². The summed E-state index contributed by atoms with van der Waals surface area (Å²) in [6.07, 6.45) is 4.76. The first kappa shape index (κ1) is 19.2. The van der Waals surface area contributed by atoms with E-state index in [0.717, 1.165) is 44.7 Å². The first-order valence-electron chi connectivity index (χ1n) is 10.2. The zero-order chi connectivity index (χ0) is 19.6. The summed E-state index contributed by atoms with van der Waals surface area (Å²) < 4.78 is 10.9. The van der Waals surface area contributed by atoms with Crippen LogP contribution in [0.15, 0.2) is 28.8 Å². The summed E-state index contributed by atoms with van der Waals surface area (Å²) in [6.45, 7) is 8.08. The molecule has 28 heavy (non-hydrogen) atoms. The molecular weight excluding hydrogens is 354 g/mol. The Morgan fingerprint density at radius 1 is 1.14 bits per heavy atom. The topological polar surface area (TPSA) is 67.6 Å². The molecule has 150 valence electrons. The average molecular weight is 383 g/mol. The van der Waals surface area contributed by atoms with E-state index in [1.54, 1.807) is 6.07 Å². The smallest absolute Gasteiger partial charge is 0.273 e. The van der Waals surface area contributed by atoms with Gasteiger partial charge in [0.15, 0.2) is 11.5 Å². The lowest BCUT2D eigenvalue weighted by Crippen LogP contribution is -2.55. The van der Waals surface area contributed by atoms with Gasteiger partial charge in [0.05, 0.1) is 13.2 Å². The highest BCUT2D eigenvalue weighted by atomic mass is 16.5. The second kappa shape index (κ2) is 8.05. The molecular formula is C22H29N3O3. The minimum Gasteiger partial charge on any atom is -0.379 e. The number of aryl methyl sites for hydroxylation is 2. The maximum Gasteiger partial charge on any atom is 0.273 e. The summed E-state index contributed by atoms with van der Waals surface area (Å²) in [5, 5.41) is 7.00. The van der Waals surface area contributed by atoms with Crippen molar-refractivity contribution in [2.24, 2.45) is 0 Å². The number of nitrogens with zero attached hydrogens (tertiary/aromatic N) is 2. The molecule has 2 aromatic rings. The van der Waals surface area contributed by atoms with Gasteiger partial charge < -0.3 is 14.6 Å². The van der Waals surface area contributed by atoms with Gasteiger partial charge in [0.2, 0.25) is 0 Å². The van der Waals surface area contributed by atoms with E-state index >= 15 is 0 Å². The van der Waals surface area contributed by atoms with Crippen molar-refractivity contribution in [3.05, 3.63) is 41.1 Å². The molecule has 0 unspecified atom stereocenters. The number of fused-ring (bicyclic) bond motifs is 1. The molecule has 0 radical (unpaired) electrons. The van der Waals surface area contributed by atoms with Gasteiger partial charge in [0.1, 0.15) is 0 Å². The Kier molecular flexibility index (Phi) is 5.51. The molecule has 1 saturated heterocycles. The Morgan fingerprint density at radius 3 is 2.68 bits per heavy atom. The van der Waals surface area contributed by atoms with Gasteiger partial charge in [-0.05, 0) is 56.7 Å². The van der Waals surface area contributed by atoms with E-state index in [2.05, 4.69) is 47.4 Å². The van der Waals surface area contributed by atoms with Gasteiger partial charge in [-0.3, -0.25) is 9.69 Å². The van der Waals surface area contributed by atoms with Crippen molar-refractivity contribution in [2.75, 3.05) is 32.8 Å². The lowest BCUT2D eigenvalue weighted by atomic mass is 9.90. The molecule has 6 nitrogen and oxygen atoms in total. The fourth-order valence-electron chi connectivity index (χ4n) is 4.07. The second-order valence-electron chi connectivity index (χ2n) is 8.36. The summed E-state index contributed by atoms with van der Waals surface area (Å²) >= 11 is 0. The van der Waals surface area contributed by atoms with Crippen LogP contribution in [-0.4, -0.2) is 54.4 Å². The van der Waals surface area contributed by atoms with Crippen molar-refractivity contribution in [3.8, 4) is 11.3 Å². The van der Waals surface area contributed by atoms with E-state index in [1.165, 1.54) is 24.0 Å². The highest BCUT2D eigenvalue weighted by molar-refractivity contribution is 5.93. The monoisotopic (exact) mass is 383 g/mol. The summed E-state index contributed by atoms with van der Waals surface area (Å²) in [5.41, 5.74) is 3.99. The summed E-state index contributed by atoms with van der Waals surface area (Å²) in [5.74, 6) is 0.445. The van der Waals surface area contributed by atoms with Crippen LogP contribution in [0.25, 0.3) is 11.3 Å². The minimum atomic E-state index is -0.200. The SMILES string of the molecule is CC(C)(CNC(=O)c1cc(-c2ccc3c(c2)CCCC3)on1)N1CCOCC1. The van der Waals surface area contributed by atoms with Gasteiger partial charge in [0, 0.05) is 36.8 Å². The maximum absolute atomic E-state index is 12.6. The quantitative estimate of drug-likeness (QED) is 0.859. The van der Waals surface area contributed by atoms with E-state index < -0.39 is 0 Å². The molecule has 1 fully saturated rings. The van der Waals surface area contributed by atoms with Crippen LogP contribution in [0, 0.1) is 0 Å². The Bertz CT molecular complexity index is 837. The van der Waals surface area contributed by atoms with Crippen LogP contribution in [0.2, 0.25) is 0 Å². The third-order valence-corrected chi connectivity index (χ3v) is 5.92. The largest absolute Gasteiger partial charge is 0.379 e. The van der Waals surface area contributed by atoms with Crippen molar-refractivity contribution in [1.29, 1.82) is 0 Å². The number of ether oxygens (including phenoxy) is 1. The van der Waals surface area contributed by atoms with Crippen molar-refractivity contribution < 1.29 is 14.1 Å². The zero-order valence-corrected chi connectivity index (χ0v) is 16.8. The van der Waals surface area contributed by atoms with Gasteiger partial charge in [-0.25, -0.2) is 0 Å². The number of aromatic nitrogens is 1. The molecule has 2 heterocycles. The van der Waals surface area contributed by atoms with E-state index in [4.69, 9.17) is 9.26 Å². The Labute approximate surface area is 166 Å². The number of carbonyl (C=O) groups is 1. The molecule has 2 aliphatic rings. The van der Waals surface area contributed by atoms with E-state index in [0.29, 0.717) is 18.0 Å². The van der Waals surface area contributed by atoms with Crippen LogP contribution in [0.4, 0.5) is 0 Å². The minimum absolute atomic E-state index is 0.134. The van der Waals surface area contributed by atoms with Crippen LogP contribution >= 0.6 is 0 Å². The number of amides is 1. The highest BCUT2D eigenvalue weighted by Crippen LogP contribution is 2.28. The molecule has 1 aliphatic heterocycles. The third kappa shape index (κ3) is 4.13. The first-order valence-corrected chi connectivity index (χ1v) is 10.2. The lowest BCUT2D eigenvalue weighted by Gasteiger charge is -2.40. The van der Waals surface area contributed by atoms with Gasteiger partial charge in [-0.1, -0.05) is 17.3 Å². The third-order valence-electron chi connectivity index (χ3n) is 5.92. The molecule has 0 saturated carbocycles. The van der Waals surface area contributed by atoms with Crippen LogP contribution in [0.1, 0.15) is 48.3 Å². The predicted molar refractivity (Wildman–Crippen MR) is 107 cm³/mol. The van der Waals surface area contributed by atoms with Crippen LogP contribution in [0.3, 0.4) is 0 Å². The molecule has 1 amide bonds. The molecule has 1 N–H and O–H groups in total. The van der Waals surface area contributed by atoms with Gasteiger partial charge in [-0.15, -0.1) is 0 Å². The van der Waals surface area contributed by atoms with Crippen molar-refractivity contribution >= 4 is 5.91 Å². The average Bonchev–Trinajstić information content (AvgIpc) is 3.23. The van der Waals surface area contributed by atoms with Crippen molar-refractivity contribution in [3.63, 3.8) is 0 Å². The molecule has 4 rings (SSSR count). The highest BCUT2D eigenvalue weighted by Gasteiger charge is 2.29. The molecule has 1 aliphatic carbocycles. The van der Waals surface area contributed by atoms with Crippen molar-refractivity contribution in [1.82, 2.24) is 15.4 Å². The van der Waals surface area contributed by atoms with Crippen LogP contribution in [0.5, 0.6) is 0 Å². The predicted octanol–water partition coefficient (Wildman–Crippen LogP) is 3.06. The summed E-state index contributed by atoms with van der Waals surface area (Å²) in [6, 6.07) is 8.16. The van der Waals surface area contributed by atoms with Crippen LogP contribution in [-0.2, 0) is 17.6 Å². The maximum atomic E-state index is 12.6. The fraction of sp³-hybridized carbons (Fsp3) is 0.545. The number of hydrogen-bond donors (Lipinski definition) is 1. The number of rotatable bonds is 5. The lowest BCUT2D eigenvalue weighted by molar-refractivity contribution is -0.00925. The second-order valence-corrected chi connectivity index (χ2v) is 8.36. The van der Waals surface area contributed by atoms with E-state index in [-0.39, 0.29) is 11.4 Å². The van der Waals surface area contributed by atoms with Gasteiger partial charge >= 0.3 is 0 Å². The Balaban J connectivity index is 1.40. The summed E-state index contributed by atoms with van der Waals surface area (Å²) in [7, 11) is 0. The fourth-order valence-corrected chi connectivity index (χ4v) is 4.07. The number of morpholine rings is 1. The van der Waals surface area contributed by atoms with Crippen molar-refractivity contribution in [2.45, 2.75) is 45.1 Å². The molecule has 0 bridgehead atoms. The number of carbonyl (C=O) groups excluding carboxylic acids is 1. The molecule has 0 atom stereocenters. The molecule has 6 heteroatoms. The number of benzene rings is 1. The standard InChI is InChI=1S/C22H29N3O3/c1-22(2,25-9-11-27-12-10-25)15-23-21(26)19-14-20(28-24-19)18-8-7-16-5-3-4-6-17(16)13-18/h7-8,13-14H,3-6,9-12,15H2,1-2H3,(H,23,26). The van der Waals surface area contributed by atoms with E-state index in [9.17, 15) is 4.79 Å². The normalized spacial score (nSPS) is 17.9. The van der Waals surface area contributed by atoms with Gasteiger partial charge in [-0.2, -0.15) is 0 Å². The first-order chi connectivity index (χ1) is 13.5. The Morgan fingerprint density at radius 2 is 1.89 bits per heavy atom. The Hall–Kier alpha value is -2.18. The number of hydrogen-bond acceptors (Lipinski definition) is 5. The van der Waals surface area contributed by atoms with Gasteiger partial charge in [0.25, 0.3) is 5.91 Å².